The molecule has 1 amide bonds. The molecular weight excluding hydrogens is 535 g/mol. The number of likely N-dealkylation sites (N-methyl/N-ethyl adjacent to an activating group) is 1. The highest BCUT2D eigenvalue weighted by molar-refractivity contribution is 6.42. The largest absolute Gasteiger partial charge is 0.353 e. The van der Waals surface area contributed by atoms with Crippen LogP contribution in [-0.4, -0.2) is 88.8 Å². The van der Waals surface area contributed by atoms with Gasteiger partial charge in [0, 0.05) is 26.7 Å². The summed E-state index contributed by atoms with van der Waals surface area (Å²) in [6.07, 6.45) is 1.20. The van der Waals surface area contributed by atoms with Crippen LogP contribution >= 0.6 is 23.2 Å². The maximum atomic E-state index is 13.2. The highest BCUT2D eigenvalue weighted by atomic mass is 35.5. The zero-order chi connectivity index (χ0) is 27.2. The molecular formula is C27H36Cl2N2O7. The fraction of sp³-hybridized carbons (Fsp3) is 0.519. The van der Waals surface area contributed by atoms with E-state index in [0.29, 0.717) is 23.2 Å². The first-order valence-electron chi connectivity index (χ1n) is 12.5. The van der Waals surface area contributed by atoms with Gasteiger partial charge in [-0.25, -0.2) is 19.6 Å². The van der Waals surface area contributed by atoms with Gasteiger partial charge in [0.05, 0.1) is 42.3 Å². The van der Waals surface area contributed by atoms with Crippen LogP contribution in [0.25, 0.3) is 0 Å². The molecule has 0 saturated carbocycles. The SMILES string of the molecule is COOCCOOCCOCOC1CCN(C[C@H](c2ccccc2)N(C)C(=O)Cc2ccc(Cl)c(Cl)c2)C1. The van der Waals surface area contributed by atoms with Gasteiger partial charge < -0.3 is 14.4 Å². The minimum atomic E-state index is -0.104. The number of hydrogen-bond acceptors (Lipinski definition) is 8. The summed E-state index contributed by atoms with van der Waals surface area (Å²) in [5.41, 5.74) is 1.91. The van der Waals surface area contributed by atoms with Crippen molar-refractivity contribution in [3.05, 3.63) is 69.7 Å². The van der Waals surface area contributed by atoms with Gasteiger partial charge >= 0.3 is 0 Å². The van der Waals surface area contributed by atoms with E-state index in [1.807, 2.05) is 36.2 Å². The van der Waals surface area contributed by atoms with Crippen molar-refractivity contribution in [3.8, 4) is 0 Å². The third kappa shape index (κ3) is 10.4. The van der Waals surface area contributed by atoms with Crippen molar-refractivity contribution in [2.24, 2.45) is 0 Å². The van der Waals surface area contributed by atoms with Gasteiger partial charge in [0.1, 0.15) is 26.6 Å². The number of benzene rings is 2. The fourth-order valence-electron chi connectivity index (χ4n) is 4.16. The zero-order valence-corrected chi connectivity index (χ0v) is 23.4. The van der Waals surface area contributed by atoms with Gasteiger partial charge in [-0.05, 0) is 29.7 Å². The molecule has 0 bridgehead atoms. The Kier molecular flexibility index (Phi) is 13.8. The number of rotatable bonds is 17. The minimum Gasteiger partial charge on any atom is -0.353 e. The van der Waals surface area contributed by atoms with E-state index < -0.39 is 0 Å². The Labute approximate surface area is 234 Å². The molecule has 3 rings (SSSR count). The predicted molar refractivity (Wildman–Crippen MR) is 144 cm³/mol. The van der Waals surface area contributed by atoms with E-state index in [1.54, 1.807) is 12.1 Å². The second kappa shape index (κ2) is 17.0. The molecule has 210 valence electrons. The molecule has 0 radical (unpaired) electrons. The van der Waals surface area contributed by atoms with Crippen LogP contribution < -0.4 is 0 Å². The molecule has 0 N–H and O–H groups in total. The third-order valence-corrected chi connectivity index (χ3v) is 6.93. The fourth-order valence-corrected chi connectivity index (χ4v) is 4.48. The van der Waals surface area contributed by atoms with Crippen molar-refractivity contribution in [1.29, 1.82) is 0 Å². The number of ether oxygens (including phenoxy) is 2. The standard InChI is InChI=1S/C27H36Cl2N2O7/c1-30(27(32)17-21-8-9-24(28)25(29)16-21)26(22-6-4-3-5-7-22)19-31-11-10-23(18-31)35-20-34-12-13-37-38-15-14-36-33-2/h3-9,16,23,26H,10-15,17-20H2,1-2H3/t23?,26-/m1/s1. The lowest BCUT2D eigenvalue weighted by atomic mass is 10.0. The zero-order valence-electron chi connectivity index (χ0n) is 21.9. The molecule has 0 spiro atoms. The Balaban J connectivity index is 1.44. The number of carbonyl (C=O) groups excluding carboxylic acids is 1. The third-order valence-electron chi connectivity index (χ3n) is 6.19. The highest BCUT2D eigenvalue weighted by Gasteiger charge is 2.29. The van der Waals surface area contributed by atoms with Crippen molar-refractivity contribution < 1.29 is 33.8 Å². The first-order chi connectivity index (χ1) is 18.5. The van der Waals surface area contributed by atoms with Crippen LogP contribution in [0.15, 0.2) is 48.5 Å². The Hall–Kier alpha value is -1.79. The Morgan fingerprint density at radius 3 is 2.50 bits per heavy atom. The number of likely N-dealkylation sites (tertiary alicyclic amines) is 1. The molecule has 2 atom stereocenters. The van der Waals surface area contributed by atoms with Crippen LogP contribution in [0, 0.1) is 0 Å². The van der Waals surface area contributed by atoms with Crippen LogP contribution in [0.2, 0.25) is 10.0 Å². The molecule has 1 unspecified atom stereocenters. The van der Waals surface area contributed by atoms with Gasteiger partial charge in [-0.15, -0.1) is 0 Å². The Morgan fingerprint density at radius 2 is 1.76 bits per heavy atom. The molecule has 1 saturated heterocycles. The molecule has 1 aliphatic rings. The van der Waals surface area contributed by atoms with Crippen LogP contribution in [0.1, 0.15) is 23.6 Å². The summed E-state index contributed by atoms with van der Waals surface area (Å²) in [5.74, 6) is 0.00932. The van der Waals surface area contributed by atoms with Gasteiger partial charge in [0.2, 0.25) is 5.91 Å². The summed E-state index contributed by atoms with van der Waals surface area (Å²) in [4.78, 5) is 36.4. The molecule has 0 aromatic heterocycles. The van der Waals surface area contributed by atoms with E-state index in [9.17, 15) is 4.79 Å². The predicted octanol–water partition coefficient (Wildman–Crippen LogP) is 4.33. The summed E-state index contributed by atoms with van der Waals surface area (Å²) in [7, 11) is 3.28. The van der Waals surface area contributed by atoms with Crippen LogP contribution in [0.3, 0.4) is 0 Å². The van der Waals surface area contributed by atoms with Crippen molar-refractivity contribution >= 4 is 29.1 Å². The molecule has 11 heteroatoms. The Bertz CT molecular complexity index is 970. The van der Waals surface area contributed by atoms with E-state index in [1.165, 1.54) is 7.11 Å². The molecule has 38 heavy (non-hydrogen) atoms. The second-order valence-electron chi connectivity index (χ2n) is 8.85. The van der Waals surface area contributed by atoms with Gasteiger partial charge in [-0.1, -0.05) is 59.6 Å². The average molecular weight is 571 g/mol. The van der Waals surface area contributed by atoms with Crippen molar-refractivity contribution in [2.45, 2.75) is 25.0 Å². The summed E-state index contributed by atoms with van der Waals surface area (Å²) in [6.45, 7) is 3.71. The summed E-state index contributed by atoms with van der Waals surface area (Å²) in [6, 6.07) is 15.3. The van der Waals surface area contributed by atoms with E-state index in [-0.39, 0.29) is 51.1 Å². The van der Waals surface area contributed by atoms with Gasteiger partial charge in [0.15, 0.2) is 0 Å². The maximum absolute atomic E-state index is 13.2. The van der Waals surface area contributed by atoms with Crippen molar-refractivity contribution in [2.75, 3.05) is 67.0 Å². The quantitative estimate of drug-likeness (QED) is 0.120. The first kappa shape index (κ1) is 30.7. The number of hydrogen-bond donors (Lipinski definition) is 0. The van der Waals surface area contributed by atoms with E-state index in [2.05, 4.69) is 26.8 Å². The molecule has 2 aromatic rings. The lowest BCUT2D eigenvalue weighted by Gasteiger charge is -2.32. The smallest absolute Gasteiger partial charge is 0.227 e. The van der Waals surface area contributed by atoms with Crippen LogP contribution in [0.5, 0.6) is 0 Å². The number of halogens is 2. The van der Waals surface area contributed by atoms with Crippen LogP contribution in [0.4, 0.5) is 0 Å². The molecule has 9 nitrogen and oxygen atoms in total. The normalized spacial score (nSPS) is 16.6. The molecule has 1 aliphatic heterocycles. The topological polar surface area (TPSA) is 78.9 Å². The van der Waals surface area contributed by atoms with Gasteiger partial charge in [-0.2, -0.15) is 0 Å². The number of amides is 1. The van der Waals surface area contributed by atoms with E-state index in [4.69, 9.17) is 42.5 Å². The average Bonchev–Trinajstić information content (AvgIpc) is 3.38. The van der Waals surface area contributed by atoms with Gasteiger partial charge in [-0.3, -0.25) is 9.69 Å². The van der Waals surface area contributed by atoms with Crippen molar-refractivity contribution in [3.63, 3.8) is 0 Å². The lowest BCUT2D eigenvalue weighted by Crippen LogP contribution is -2.39. The highest BCUT2D eigenvalue weighted by Crippen LogP contribution is 2.26. The molecule has 1 heterocycles. The summed E-state index contributed by atoms with van der Waals surface area (Å²) < 4.78 is 11.4. The van der Waals surface area contributed by atoms with Crippen LogP contribution in [-0.2, 0) is 40.2 Å². The first-order valence-corrected chi connectivity index (χ1v) is 13.3. The van der Waals surface area contributed by atoms with Gasteiger partial charge in [0.25, 0.3) is 0 Å². The molecule has 2 aromatic carbocycles. The lowest BCUT2D eigenvalue weighted by molar-refractivity contribution is -0.335. The van der Waals surface area contributed by atoms with Crippen molar-refractivity contribution in [1.82, 2.24) is 9.80 Å². The maximum Gasteiger partial charge on any atom is 0.227 e. The van der Waals surface area contributed by atoms with E-state index in [0.717, 1.165) is 30.6 Å². The monoisotopic (exact) mass is 570 g/mol. The summed E-state index contributed by atoms with van der Waals surface area (Å²) in [5, 5.41) is 0.918. The summed E-state index contributed by atoms with van der Waals surface area (Å²) >= 11 is 12.2. The second-order valence-corrected chi connectivity index (χ2v) is 9.67. The minimum absolute atomic E-state index is 0.00932. The number of nitrogens with zero attached hydrogens (tertiary/aromatic N) is 2. The molecule has 0 aliphatic carbocycles. The Morgan fingerprint density at radius 1 is 1.03 bits per heavy atom. The van der Waals surface area contributed by atoms with E-state index >= 15 is 0 Å². The number of carbonyl (C=O) groups is 1. The molecule has 1 fully saturated rings.